The first kappa shape index (κ1) is 19.0. The van der Waals surface area contributed by atoms with Gasteiger partial charge in [-0.25, -0.2) is 13.6 Å². The van der Waals surface area contributed by atoms with Crippen molar-refractivity contribution in [3.63, 3.8) is 0 Å². The fraction of sp³-hybridized carbons (Fsp3) is 0.389. The number of nitrogens with two attached hydrogens (primary N) is 1. The molecule has 8 heteroatoms. The monoisotopic (exact) mass is 393 g/mol. The maximum absolute atomic E-state index is 12.3. The van der Waals surface area contributed by atoms with Crippen LogP contribution >= 0.6 is 11.3 Å². The van der Waals surface area contributed by atoms with E-state index in [0.717, 1.165) is 43.8 Å². The van der Waals surface area contributed by atoms with Gasteiger partial charge in [0.1, 0.15) is 4.21 Å². The summed E-state index contributed by atoms with van der Waals surface area (Å²) in [4.78, 5) is 14.7. The Labute approximate surface area is 158 Å². The number of primary sulfonamides is 1. The maximum Gasteiger partial charge on any atom is 0.252 e. The summed E-state index contributed by atoms with van der Waals surface area (Å²) in [5, 5.41) is 9.62. The van der Waals surface area contributed by atoms with E-state index in [9.17, 15) is 13.2 Å². The van der Waals surface area contributed by atoms with Crippen LogP contribution in [0.3, 0.4) is 0 Å². The summed E-state index contributed by atoms with van der Waals surface area (Å²) in [6, 6.07) is 9.95. The Hall–Kier alpha value is -1.74. The number of carbonyl (C=O) groups is 1. The predicted octanol–water partition coefficient (Wildman–Crippen LogP) is 2.10. The summed E-state index contributed by atoms with van der Waals surface area (Å²) in [5.74, 6) is -0.242. The molecule has 1 aromatic heterocycles. The number of piperidine rings is 1. The molecule has 26 heavy (non-hydrogen) atoms. The third-order valence-corrected chi connectivity index (χ3v) is 6.92. The zero-order valence-electron chi connectivity index (χ0n) is 14.6. The van der Waals surface area contributed by atoms with Gasteiger partial charge in [-0.15, -0.1) is 11.3 Å². The fourth-order valence-corrected chi connectivity index (χ4v) is 4.74. The van der Waals surface area contributed by atoms with E-state index in [-0.39, 0.29) is 16.2 Å². The fourth-order valence-electron chi connectivity index (χ4n) is 3.16. The molecule has 0 atom stereocenters. The number of thiophene rings is 1. The standard InChI is InChI=1S/C18H23N3O3S2/c1-13-3-2-4-14(9-13)11-21-7-5-16(6-8-21)20-18(22)15-10-17(25-12-15)26(19,23)24/h2-4,9-10,12,16H,5-8,11H2,1H3,(H,20,22)(H2,19,23,24). The number of amides is 1. The van der Waals surface area contributed by atoms with Crippen molar-refractivity contribution >= 4 is 27.3 Å². The van der Waals surface area contributed by atoms with Crippen LogP contribution in [0.25, 0.3) is 0 Å². The average molecular weight is 394 g/mol. The smallest absolute Gasteiger partial charge is 0.252 e. The van der Waals surface area contributed by atoms with E-state index in [1.165, 1.54) is 22.6 Å². The zero-order chi connectivity index (χ0) is 18.7. The van der Waals surface area contributed by atoms with E-state index in [0.29, 0.717) is 5.56 Å². The minimum absolute atomic E-state index is 0.00984. The Morgan fingerprint density at radius 3 is 2.65 bits per heavy atom. The van der Waals surface area contributed by atoms with Crippen LogP contribution in [0.4, 0.5) is 0 Å². The van der Waals surface area contributed by atoms with E-state index in [1.807, 2.05) is 0 Å². The third kappa shape index (κ3) is 4.91. The number of carbonyl (C=O) groups excluding carboxylic acids is 1. The summed E-state index contributed by atoms with van der Waals surface area (Å²) < 4.78 is 22.6. The van der Waals surface area contributed by atoms with Crippen LogP contribution < -0.4 is 10.5 Å². The molecule has 1 aromatic carbocycles. The van der Waals surface area contributed by atoms with Gasteiger partial charge in [-0.1, -0.05) is 29.8 Å². The van der Waals surface area contributed by atoms with Crippen molar-refractivity contribution in [1.29, 1.82) is 0 Å². The molecule has 0 saturated carbocycles. The Bertz CT molecular complexity index is 885. The number of hydrogen-bond acceptors (Lipinski definition) is 5. The molecule has 0 unspecified atom stereocenters. The molecule has 3 rings (SSSR count). The summed E-state index contributed by atoms with van der Waals surface area (Å²) in [7, 11) is -3.76. The van der Waals surface area contributed by atoms with Crippen molar-refractivity contribution in [2.75, 3.05) is 13.1 Å². The molecule has 2 heterocycles. The molecular formula is C18H23N3O3S2. The Kier molecular flexibility index (Phi) is 5.76. The van der Waals surface area contributed by atoms with E-state index in [2.05, 4.69) is 41.4 Å². The van der Waals surface area contributed by atoms with Crippen molar-refractivity contribution < 1.29 is 13.2 Å². The molecule has 0 radical (unpaired) electrons. The second-order valence-corrected chi connectivity index (χ2v) is 9.41. The summed E-state index contributed by atoms with van der Waals surface area (Å²) in [6.45, 7) is 4.86. The lowest BCUT2D eigenvalue weighted by Gasteiger charge is -2.32. The SMILES string of the molecule is Cc1cccc(CN2CCC(NC(=O)c3csc(S(N)(=O)=O)c3)CC2)c1. The molecule has 0 bridgehead atoms. The van der Waals surface area contributed by atoms with Gasteiger partial charge in [-0.3, -0.25) is 9.69 Å². The van der Waals surface area contributed by atoms with Gasteiger partial charge in [0.15, 0.2) is 0 Å². The summed E-state index contributed by atoms with van der Waals surface area (Å²) in [6.07, 6.45) is 1.76. The normalized spacial score (nSPS) is 16.5. The predicted molar refractivity (Wildman–Crippen MR) is 103 cm³/mol. The van der Waals surface area contributed by atoms with Crippen LogP contribution in [0.2, 0.25) is 0 Å². The van der Waals surface area contributed by atoms with Gasteiger partial charge in [0.2, 0.25) is 10.0 Å². The lowest BCUT2D eigenvalue weighted by molar-refractivity contribution is 0.0909. The molecule has 140 valence electrons. The average Bonchev–Trinajstić information content (AvgIpc) is 3.07. The third-order valence-electron chi connectivity index (χ3n) is 4.53. The molecule has 1 aliphatic rings. The van der Waals surface area contributed by atoms with E-state index < -0.39 is 10.0 Å². The van der Waals surface area contributed by atoms with E-state index >= 15 is 0 Å². The van der Waals surface area contributed by atoms with Crippen LogP contribution in [0.5, 0.6) is 0 Å². The number of hydrogen-bond donors (Lipinski definition) is 2. The lowest BCUT2D eigenvalue weighted by Crippen LogP contribution is -2.44. The molecule has 0 spiro atoms. The van der Waals surface area contributed by atoms with Gasteiger partial charge in [0.05, 0.1) is 5.56 Å². The van der Waals surface area contributed by atoms with Gasteiger partial charge < -0.3 is 5.32 Å². The van der Waals surface area contributed by atoms with Crippen molar-refractivity contribution in [2.45, 2.75) is 36.6 Å². The van der Waals surface area contributed by atoms with E-state index in [1.54, 1.807) is 0 Å². The minimum atomic E-state index is -3.76. The van der Waals surface area contributed by atoms with Crippen molar-refractivity contribution in [3.05, 3.63) is 52.4 Å². The largest absolute Gasteiger partial charge is 0.349 e. The molecule has 6 nitrogen and oxygen atoms in total. The van der Waals surface area contributed by atoms with Crippen molar-refractivity contribution in [3.8, 4) is 0 Å². The quantitative estimate of drug-likeness (QED) is 0.814. The summed E-state index contributed by atoms with van der Waals surface area (Å²) >= 11 is 0.968. The first-order valence-corrected chi connectivity index (χ1v) is 10.9. The highest BCUT2D eigenvalue weighted by Crippen LogP contribution is 2.20. The number of aryl methyl sites for hydroxylation is 1. The molecule has 1 aliphatic heterocycles. The van der Waals surface area contributed by atoms with Gasteiger partial charge in [0.25, 0.3) is 5.91 Å². The highest BCUT2D eigenvalue weighted by atomic mass is 32.2. The van der Waals surface area contributed by atoms with Crippen LogP contribution in [0, 0.1) is 6.92 Å². The highest BCUT2D eigenvalue weighted by molar-refractivity contribution is 7.91. The molecule has 1 fully saturated rings. The van der Waals surface area contributed by atoms with Crippen LogP contribution in [0.1, 0.15) is 34.3 Å². The van der Waals surface area contributed by atoms with Crippen molar-refractivity contribution in [2.24, 2.45) is 5.14 Å². The molecule has 2 aromatic rings. The van der Waals surface area contributed by atoms with Crippen molar-refractivity contribution in [1.82, 2.24) is 10.2 Å². The number of nitrogens with zero attached hydrogens (tertiary/aromatic N) is 1. The number of sulfonamides is 1. The summed E-state index contributed by atoms with van der Waals surface area (Å²) in [5.41, 5.74) is 2.92. The van der Waals surface area contributed by atoms with Gasteiger partial charge in [-0.05, 0) is 31.4 Å². The van der Waals surface area contributed by atoms with Gasteiger partial charge in [-0.2, -0.15) is 0 Å². The van der Waals surface area contributed by atoms with Gasteiger partial charge >= 0.3 is 0 Å². The second kappa shape index (κ2) is 7.87. The zero-order valence-corrected chi connectivity index (χ0v) is 16.3. The highest BCUT2D eigenvalue weighted by Gasteiger charge is 2.22. The number of benzene rings is 1. The van der Waals surface area contributed by atoms with Gasteiger partial charge in [0, 0.05) is 31.1 Å². The molecule has 1 saturated heterocycles. The Morgan fingerprint density at radius 1 is 1.31 bits per heavy atom. The van der Waals surface area contributed by atoms with Crippen LogP contribution in [0.15, 0.2) is 39.9 Å². The number of likely N-dealkylation sites (tertiary alicyclic amines) is 1. The van der Waals surface area contributed by atoms with E-state index in [4.69, 9.17) is 5.14 Å². The van der Waals surface area contributed by atoms with Crippen LogP contribution in [-0.2, 0) is 16.6 Å². The molecule has 1 amide bonds. The topological polar surface area (TPSA) is 92.5 Å². The maximum atomic E-state index is 12.3. The van der Waals surface area contributed by atoms with Crippen LogP contribution in [-0.4, -0.2) is 38.4 Å². The molecular weight excluding hydrogens is 370 g/mol. The first-order valence-electron chi connectivity index (χ1n) is 8.51. The molecule has 0 aliphatic carbocycles. The molecule has 3 N–H and O–H groups in total. The minimum Gasteiger partial charge on any atom is -0.349 e. The Balaban J connectivity index is 1.50. The lowest BCUT2D eigenvalue weighted by atomic mass is 10.0. The first-order chi connectivity index (χ1) is 12.3. The number of rotatable bonds is 5. The second-order valence-electron chi connectivity index (χ2n) is 6.71. The number of nitrogens with one attached hydrogen (secondary N) is 1. The Morgan fingerprint density at radius 2 is 2.04 bits per heavy atom.